The number of phenols is 1. The number of nitrogens with one attached hydrogen (secondary N) is 1. The minimum atomic E-state index is -0.456. The molecule has 0 saturated heterocycles. The standard InChI is InChI=1S/C22H18BrClN2O4/c1-29-20-11-16(23)10-15(21(20)27)12-25-26-22(28)17-7-3-5-9-19(17)30-13-14-6-2-4-8-18(14)24/h2-12,27H,13H2,1H3,(H,26,28)/b25-12+. The van der Waals surface area contributed by atoms with Crippen LogP contribution in [0.15, 0.2) is 70.2 Å². The number of carbonyl (C=O) groups excluding carboxylic acids is 1. The summed E-state index contributed by atoms with van der Waals surface area (Å²) in [6.07, 6.45) is 1.33. The number of benzene rings is 3. The van der Waals surface area contributed by atoms with Gasteiger partial charge in [0.05, 0.1) is 18.9 Å². The van der Waals surface area contributed by atoms with Gasteiger partial charge in [0.2, 0.25) is 0 Å². The quantitative estimate of drug-likeness (QED) is 0.355. The summed E-state index contributed by atoms with van der Waals surface area (Å²) in [5.74, 6) is 0.150. The molecule has 0 saturated carbocycles. The number of ether oxygens (including phenoxy) is 2. The maximum absolute atomic E-state index is 12.6. The predicted octanol–water partition coefficient (Wildman–Crippen LogP) is 5.16. The molecule has 0 fully saturated rings. The highest BCUT2D eigenvalue weighted by molar-refractivity contribution is 9.10. The smallest absolute Gasteiger partial charge is 0.275 e. The highest BCUT2D eigenvalue weighted by Crippen LogP contribution is 2.32. The normalized spacial score (nSPS) is 10.8. The number of nitrogens with zero attached hydrogens (tertiary/aromatic N) is 1. The van der Waals surface area contributed by atoms with E-state index in [1.807, 2.05) is 18.2 Å². The Balaban J connectivity index is 1.71. The number of halogens is 2. The van der Waals surface area contributed by atoms with Gasteiger partial charge in [0.25, 0.3) is 5.91 Å². The molecule has 30 heavy (non-hydrogen) atoms. The maximum atomic E-state index is 12.6. The molecule has 0 radical (unpaired) electrons. The molecule has 0 aliphatic rings. The van der Waals surface area contributed by atoms with Crippen LogP contribution < -0.4 is 14.9 Å². The molecule has 0 aliphatic carbocycles. The van der Waals surface area contributed by atoms with E-state index in [1.165, 1.54) is 13.3 Å². The average molecular weight is 490 g/mol. The number of hydrazone groups is 1. The molecule has 0 unspecified atom stereocenters. The molecule has 6 nitrogen and oxygen atoms in total. The molecule has 2 N–H and O–H groups in total. The predicted molar refractivity (Wildman–Crippen MR) is 120 cm³/mol. The Hall–Kier alpha value is -3.03. The average Bonchev–Trinajstić information content (AvgIpc) is 2.75. The van der Waals surface area contributed by atoms with E-state index in [0.717, 1.165) is 5.56 Å². The van der Waals surface area contributed by atoms with E-state index in [4.69, 9.17) is 21.1 Å². The van der Waals surface area contributed by atoms with Gasteiger partial charge >= 0.3 is 0 Å². The third kappa shape index (κ3) is 5.31. The third-order valence-electron chi connectivity index (χ3n) is 4.13. The van der Waals surface area contributed by atoms with Gasteiger partial charge < -0.3 is 14.6 Å². The molecule has 0 aromatic heterocycles. The van der Waals surface area contributed by atoms with Crippen LogP contribution in [0.25, 0.3) is 0 Å². The van der Waals surface area contributed by atoms with E-state index >= 15 is 0 Å². The third-order valence-corrected chi connectivity index (χ3v) is 4.96. The van der Waals surface area contributed by atoms with Crippen LogP contribution in [-0.2, 0) is 6.61 Å². The molecule has 3 aromatic rings. The highest BCUT2D eigenvalue weighted by atomic mass is 79.9. The number of hydrogen-bond acceptors (Lipinski definition) is 5. The summed E-state index contributed by atoms with van der Waals surface area (Å²) >= 11 is 9.48. The van der Waals surface area contributed by atoms with Gasteiger partial charge in [0, 0.05) is 20.6 Å². The molecule has 8 heteroatoms. The van der Waals surface area contributed by atoms with Crippen molar-refractivity contribution in [1.82, 2.24) is 5.43 Å². The molecule has 1 amide bonds. The molecule has 0 bridgehead atoms. The molecule has 0 heterocycles. The molecular formula is C22H18BrClN2O4. The van der Waals surface area contributed by atoms with Gasteiger partial charge in [0.15, 0.2) is 11.5 Å². The second-order valence-corrected chi connectivity index (χ2v) is 7.44. The van der Waals surface area contributed by atoms with E-state index in [0.29, 0.717) is 26.4 Å². The van der Waals surface area contributed by atoms with E-state index < -0.39 is 5.91 Å². The van der Waals surface area contributed by atoms with E-state index in [9.17, 15) is 9.90 Å². The summed E-state index contributed by atoms with van der Waals surface area (Å²) in [5, 5.41) is 14.7. The summed E-state index contributed by atoms with van der Waals surface area (Å²) in [6.45, 7) is 0.221. The number of phenolic OH excluding ortho intramolecular Hbond substituents is 1. The molecule has 154 valence electrons. The first-order valence-electron chi connectivity index (χ1n) is 8.84. The lowest BCUT2D eigenvalue weighted by Crippen LogP contribution is -2.18. The van der Waals surface area contributed by atoms with E-state index in [-0.39, 0.29) is 18.1 Å². The monoisotopic (exact) mass is 488 g/mol. The van der Waals surface area contributed by atoms with Gasteiger partial charge in [-0.25, -0.2) is 5.43 Å². The van der Waals surface area contributed by atoms with Crippen LogP contribution in [0.2, 0.25) is 5.02 Å². The SMILES string of the molecule is COc1cc(Br)cc(/C=N/NC(=O)c2ccccc2OCc2ccccc2Cl)c1O. The molecule has 0 atom stereocenters. The van der Waals surface area contributed by atoms with Crippen LogP contribution in [0.3, 0.4) is 0 Å². The zero-order valence-electron chi connectivity index (χ0n) is 15.9. The van der Waals surface area contributed by atoms with Crippen LogP contribution in [0.1, 0.15) is 21.5 Å². The van der Waals surface area contributed by atoms with Crippen molar-refractivity contribution in [2.45, 2.75) is 6.61 Å². The highest BCUT2D eigenvalue weighted by Gasteiger charge is 2.13. The maximum Gasteiger partial charge on any atom is 0.275 e. The number of methoxy groups -OCH3 is 1. The van der Waals surface area contributed by atoms with Gasteiger partial charge in [-0.2, -0.15) is 5.10 Å². The minimum Gasteiger partial charge on any atom is -0.504 e. The van der Waals surface area contributed by atoms with Crippen molar-refractivity contribution >= 4 is 39.7 Å². The first-order chi connectivity index (χ1) is 14.5. The Labute approximate surface area is 187 Å². The summed E-state index contributed by atoms with van der Waals surface area (Å²) in [5.41, 5.74) is 3.95. The lowest BCUT2D eigenvalue weighted by Gasteiger charge is -2.11. The fraction of sp³-hybridized carbons (Fsp3) is 0.0909. The fourth-order valence-corrected chi connectivity index (χ4v) is 3.26. The number of rotatable bonds is 7. The summed E-state index contributed by atoms with van der Waals surface area (Å²) in [6, 6.07) is 17.4. The zero-order valence-corrected chi connectivity index (χ0v) is 18.3. The van der Waals surface area contributed by atoms with Crippen LogP contribution in [0.4, 0.5) is 0 Å². The van der Waals surface area contributed by atoms with Gasteiger partial charge in [-0.3, -0.25) is 4.79 Å². The minimum absolute atomic E-state index is 0.0813. The zero-order chi connectivity index (χ0) is 21.5. The van der Waals surface area contributed by atoms with Crippen LogP contribution in [0, 0.1) is 0 Å². The van der Waals surface area contributed by atoms with Gasteiger partial charge in [-0.1, -0.05) is 57.9 Å². The molecule has 3 aromatic carbocycles. The van der Waals surface area contributed by atoms with Gasteiger partial charge in [0.1, 0.15) is 12.4 Å². The molecule has 3 rings (SSSR count). The van der Waals surface area contributed by atoms with Crippen molar-refractivity contribution in [1.29, 1.82) is 0 Å². The van der Waals surface area contributed by atoms with Gasteiger partial charge in [-0.05, 0) is 30.3 Å². The van der Waals surface area contributed by atoms with Crippen LogP contribution >= 0.6 is 27.5 Å². The lowest BCUT2D eigenvalue weighted by molar-refractivity contribution is 0.0950. The van der Waals surface area contributed by atoms with Crippen molar-refractivity contribution in [3.8, 4) is 17.2 Å². The first-order valence-corrected chi connectivity index (χ1v) is 10.0. The Kier molecular flexibility index (Phi) is 7.32. The summed E-state index contributed by atoms with van der Waals surface area (Å²) in [4.78, 5) is 12.6. The summed E-state index contributed by atoms with van der Waals surface area (Å²) < 4.78 is 11.6. The second-order valence-electron chi connectivity index (χ2n) is 6.12. The molecule has 0 spiro atoms. The topological polar surface area (TPSA) is 80.2 Å². The van der Waals surface area contributed by atoms with Crippen molar-refractivity contribution < 1.29 is 19.4 Å². The van der Waals surface area contributed by atoms with Crippen molar-refractivity contribution in [3.63, 3.8) is 0 Å². The van der Waals surface area contributed by atoms with Crippen molar-refractivity contribution in [2.75, 3.05) is 7.11 Å². The fourth-order valence-electron chi connectivity index (χ4n) is 2.62. The van der Waals surface area contributed by atoms with Crippen LogP contribution in [-0.4, -0.2) is 24.3 Å². The molecule has 0 aliphatic heterocycles. The van der Waals surface area contributed by atoms with Crippen molar-refractivity contribution in [2.24, 2.45) is 5.10 Å². The molecular weight excluding hydrogens is 472 g/mol. The summed E-state index contributed by atoms with van der Waals surface area (Å²) in [7, 11) is 1.45. The Morgan fingerprint density at radius 1 is 1.17 bits per heavy atom. The number of hydrogen-bond donors (Lipinski definition) is 2. The van der Waals surface area contributed by atoms with E-state index in [1.54, 1.807) is 42.5 Å². The van der Waals surface area contributed by atoms with E-state index in [2.05, 4.69) is 26.5 Å². The lowest BCUT2D eigenvalue weighted by atomic mass is 10.2. The number of amides is 1. The second kappa shape index (κ2) is 10.1. The Bertz CT molecular complexity index is 1090. The number of aromatic hydroxyl groups is 1. The Morgan fingerprint density at radius 3 is 2.67 bits per heavy atom. The number of carbonyl (C=O) groups is 1. The largest absolute Gasteiger partial charge is 0.504 e. The van der Waals surface area contributed by atoms with Crippen LogP contribution in [0.5, 0.6) is 17.2 Å². The number of para-hydroxylation sites is 1. The van der Waals surface area contributed by atoms with Gasteiger partial charge in [-0.15, -0.1) is 0 Å². The Morgan fingerprint density at radius 2 is 1.90 bits per heavy atom. The first kappa shape index (κ1) is 21.7. The van der Waals surface area contributed by atoms with Crippen molar-refractivity contribution in [3.05, 3.63) is 86.8 Å².